The van der Waals surface area contributed by atoms with Crippen molar-refractivity contribution < 1.29 is 4.57 Å². The molecule has 0 N–H and O–H groups in total. The van der Waals surface area contributed by atoms with E-state index in [1.165, 1.54) is 11.3 Å². The second-order valence-corrected chi connectivity index (χ2v) is 5.29. The van der Waals surface area contributed by atoms with Gasteiger partial charge in [-0.3, -0.25) is 4.98 Å². The number of hydrogen-bond acceptors (Lipinski definition) is 1. The summed E-state index contributed by atoms with van der Waals surface area (Å²) in [4.78, 5) is 4.41. The molecule has 0 unspecified atom stereocenters. The van der Waals surface area contributed by atoms with Gasteiger partial charge >= 0.3 is 0 Å². The molecule has 2 rings (SSSR count). The number of pyridine rings is 2. The van der Waals surface area contributed by atoms with Gasteiger partial charge in [-0.15, -0.1) is 0 Å². The van der Waals surface area contributed by atoms with Crippen LogP contribution in [0.4, 0.5) is 0 Å². The van der Waals surface area contributed by atoms with Gasteiger partial charge < -0.3 is 0 Å². The van der Waals surface area contributed by atoms with E-state index >= 15 is 0 Å². The first-order valence-corrected chi connectivity index (χ1v) is 6.55. The molecule has 18 heavy (non-hydrogen) atoms. The van der Waals surface area contributed by atoms with Crippen molar-refractivity contribution in [3.8, 4) is 5.69 Å². The summed E-state index contributed by atoms with van der Waals surface area (Å²) in [7, 11) is 0. The highest BCUT2D eigenvalue weighted by atomic mass is 14.9. The molecule has 0 saturated heterocycles. The third kappa shape index (κ3) is 2.76. The van der Waals surface area contributed by atoms with Crippen molar-refractivity contribution in [1.82, 2.24) is 4.98 Å². The van der Waals surface area contributed by atoms with Gasteiger partial charge in [0.05, 0.1) is 0 Å². The highest BCUT2D eigenvalue weighted by Crippen LogP contribution is 2.14. The van der Waals surface area contributed by atoms with Crippen LogP contribution < -0.4 is 4.57 Å². The van der Waals surface area contributed by atoms with Crippen molar-refractivity contribution in [3.63, 3.8) is 0 Å². The van der Waals surface area contributed by atoms with Gasteiger partial charge in [0.15, 0.2) is 12.4 Å². The van der Waals surface area contributed by atoms with Gasteiger partial charge in [0.1, 0.15) is 0 Å². The SMILES string of the molecule is CC(C)c1ccc[n+](-c2ccnc(C(C)C)c2)c1. The minimum Gasteiger partial charge on any atom is -0.261 e. The molecule has 0 aliphatic carbocycles. The predicted molar refractivity (Wildman–Crippen MR) is 73.9 cm³/mol. The van der Waals surface area contributed by atoms with Crippen LogP contribution in [0.3, 0.4) is 0 Å². The third-order valence-corrected chi connectivity index (χ3v) is 3.14. The van der Waals surface area contributed by atoms with Gasteiger partial charge in [-0.2, -0.15) is 4.57 Å². The van der Waals surface area contributed by atoms with E-state index in [0.717, 1.165) is 5.69 Å². The molecule has 0 fully saturated rings. The molecule has 0 amide bonds. The minimum atomic E-state index is 0.457. The third-order valence-electron chi connectivity index (χ3n) is 3.14. The molecule has 2 aromatic rings. The summed E-state index contributed by atoms with van der Waals surface area (Å²) in [6, 6.07) is 8.49. The first kappa shape index (κ1) is 12.7. The Morgan fingerprint density at radius 2 is 1.83 bits per heavy atom. The molecule has 2 heterocycles. The lowest BCUT2D eigenvalue weighted by Gasteiger charge is -2.06. The number of nitrogens with zero attached hydrogens (tertiary/aromatic N) is 2. The standard InChI is InChI=1S/C16H21N2/c1-12(2)14-6-5-9-18(11-14)15-7-8-17-16(10-15)13(3)4/h5-13H,1-4H3/q+1. The van der Waals surface area contributed by atoms with Crippen molar-refractivity contribution >= 4 is 0 Å². The van der Waals surface area contributed by atoms with E-state index in [0.29, 0.717) is 11.8 Å². The Bertz CT molecular complexity index is 481. The maximum absolute atomic E-state index is 4.41. The maximum atomic E-state index is 4.41. The maximum Gasteiger partial charge on any atom is 0.213 e. The molecule has 0 bridgehead atoms. The van der Waals surface area contributed by atoms with Gasteiger partial charge in [-0.25, -0.2) is 0 Å². The quantitative estimate of drug-likeness (QED) is 0.750. The summed E-state index contributed by atoms with van der Waals surface area (Å²) in [5.74, 6) is 1.00. The largest absolute Gasteiger partial charge is 0.261 e. The Labute approximate surface area is 109 Å². The molecule has 0 spiro atoms. The van der Waals surface area contributed by atoms with Crippen LogP contribution in [0.1, 0.15) is 50.8 Å². The van der Waals surface area contributed by atoms with Crippen LogP contribution in [0.5, 0.6) is 0 Å². The van der Waals surface area contributed by atoms with Crippen LogP contribution >= 0.6 is 0 Å². The van der Waals surface area contributed by atoms with Crippen molar-refractivity contribution in [2.75, 3.05) is 0 Å². The lowest BCUT2D eigenvalue weighted by Crippen LogP contribution is -2.30. The first-order valence-electron chi connectivity index (χ1n) is 6.55. The zero-order valence-electron chi connectivity index (χ0n) is 11.6. The molecule has 0 aliphatic rings. The highest BCUT2D eigenvalue weighted by Gasteiger charge is 2.11. The van der Waals surface area contributed by atoms with E-state index in [1.807, 2.05) is 6.20 Å². The van der Waals surface area contributed by atoms with Crippen molar-refractivity contribution in [1.29, 1.82) is 0 Å². The highest BCUT2D eigenvalue weighted by molar-refractivity contribution is 5.25. The average Bonchev–Trinajstić information content (AvgIpc) is 2.39. The van der Waals surface area contributed by atoms with Crippen LogP contribution in [-0.4, -0.2) is 4.98 Å². The number of aromatic nitrogens is 2. The van der Waals surface area contributed by atoms with E-state index in [4.69, 9.17) is 0 Å². The topological polar surface area (TPSA) is 16.8 Å². The van der Waals surface area contributed by atoms with Crippen molar-refractivity contribution in [3.05, 3.63) is 54.1 Å². The fourth-order valence-electron chi connectivity index (χ4n) is 1.91. The predicted octanol–water partition coefficient (Wildman–Crippen LogP) is 3.61. The number of rotatable bonds is 3. The minimum absolute atomic E-state index is 0.457. The molecular formula is C16H21N2+. The van der Waals surface area contributed by atoms with Crippen LogP contribution in [0.15, 0.2) is 42.9 Å². The number of hydrogen-bond donors (Lipinski definition) is 0. The Balaban J connectivity index is 2.42. The molecule has 0 aliphatic heterocycles. The average molecular weight is 241 g/mol. The Morgan fingerprint density at radius 3 is 2.50 bits per heavy atom. The molecule has 2 heteroatoms. The van der Waals surface area contributed by atoms with Crippen LogP contribution in [0, 0.1) is 0 Å². The lowest BCUT2D eigenvalue weighted by molar-refractivity contribution is -0.596. The van der Waals surface area contributed by atoms with Gasteiger partial charge in [0.25, 0.3) is 0 Å². The summed E-state index contributed by atoms with van der Waals surface area (Å²) >= 11 is 0. The van der Waals surface area contributed by atoms with Crippen molar-refractivity contribution in [2.45, 2.75) is 39.5 Å². The summed E-state index contributed by atoms with van der Waals surface area (Å²) in [6.45, 7) is 8.76. The second kappa shape index (κ2) is 5.30. The summed E-state index contributed by atoms with van der Waals surface area (Å²) in [5.41, 5.74) is 3.66. The summed E-state index contributed by atoms with van der Waals surface area (Å²) < 4.78 is 2.17. The normalized spacial score (nSPS) is 11.2. The molecule has 0 atom stereocenters. The van der Waals surface area contributed by atoms with E-state index in [-0.39, 0.29) is 0 Å². The molecule has 0 saturated carbocycles. The van der Waals surface area contributed by atoms with Gasteiger partial charge in [0, 0.05) is 35.7 Å². The van der Waals surface area contributed by atoms with Crippen LogP contribution in [0.25, 0.3) is 5.69 Å². The van der Waals surface area contributed by atoms with Crippen LogP contribution in [-0.2, 0) is 0 Å². The zero-order valence-corrected chi connectivity index (χ0v) is 11.6. The van der Waals surface area contributed by atoms with Gasteiger partial charge in [-0.1, -0.05) is 27.7 Å². The molecular weight excluding hydrogens is 220 g/mol. The summed E-state index contributed by atoms with van der Waals surface area (Å²) in [6.07, 6.45) is 6.18. The summed E-state index contributed by atoms with van der Waals surface area (Å²) in [5, 5.41) is 0. The Hall–Kier alpha value is -1.70. The molecule has 2 nitrogen and oxygen atoms in total. The van der Waals surface area contributed by atoms with E-state index in [9.17, 15) is 0 Å². The molecule has 2 aromatic heterocycles. The molecule has 0 aromatic carbocycles. The molecule has 0 radical (unpaired) electrons. The van der Waals surface area contributed by atoms with Crippen molar-refractivity contribution in [2.24, 2.45) is 0 Å². The molecule has 94 valence electrons. The monoisotopic (exact) mass is 241 g/mol. The van der Waals surface area contributed by atoms with Gasteiger partial charge in [-0.05, 0) is 17.9 Å². The van der Waals surface area contributed by atoms with E-state index in [1.54, 1.807) is 0 Å². The Morgan fingerprint density at radius 1 is 1.06 bits per heavy atom. The second-order valence-electron chi connectivity index (χ2n) is 5.29. The fraction of sp³-hybridized carbons (Fsp3) is 0.375. The first-order chi connectivity index (χ1) is 8.58. The zero-order chi connectivity index (χ0) is 13.1. The smallest absolute Gasteiger partial charge is 0.213 e. The lowest BCUT2D eigenvalue weighted by atomic mass is 10.1. The van der Waals surface area contributed by atoms with E-state index in [2.05, 4.69) is 73.9 Å². The van der Waals surface area contributed by atoms with E-state index < -0.39 is 0 Å². The van der Waals surface area contributed by atoms with Crippen LogP contribution in [0.2, 0.25) is 0 Å². The Kier molecular flexibility index (Phi) is 3.75. The van der Waals surface area contributed by atoms with Gasteiger partial charge in [0.2, 0.25) is 5.69 Å². The fourth-order valence-corrected chi connectivity index (χ4v) is 1.91.